The van der Waals surface area contributed by atoms with Crippen LogP contribution in [0.3, 0.4) is 0 Å². The molecule has 0 bridgehead atoms. The van der Waals surface area contributed by atoms with Crippen molar-refractivity contribution in [2.45, 2.75) is 13.3 Å². The largest absolute Gasteiger partial charge is 0.367 e. The van der Waals surface area contributed by atoms with Crippen molar-refractivity contribution in [1.82, 2.24) is 4.98 Å². The van der Waals surface area contributed by atoms with Crippen LogP contribution in [0.25, 0.3) is 10.9 Å². The van der Waals surface area contributed by atoms with Gasteiger partial charge in [-0.15, -0.1) is 0 Å². The highest BCUT2D eigenvalue weighted by Crippen LogP contribution is 2.39. The van der Waals surface area contributed by atoms with Crippen LogP contribution in [-0.4, -0.2) is 28.4 Å². The number of rotatable bonds is 5. The summed E-state index contributed by atoms with van der Waals surface area (Å²) in [6, 6.07) is 4.13. The van der Waals surface area contributed by atoms with Crippen LogP contribution in [0, 0.1) is 20.2 Å². The zero-order valence-corrected chi connectivity index (χ0v) is 11.6. The van der Waals surface area contributed by atoms with E-state index in [4.69, 9.17) is 0 Å². The molecule has 0 atom stereocenters. The van der Waals surface area contributed by atoms with Crippen LogP contribution in [0.1, 0.15) is 13.3 Å². The average molecular weight is 290 g/mol. The fourth-order valence-corrected chi connectivity index (χ4v) is 2.31. The molecule has 1 aromatic carbocycles. The lowest BCUT2D eigenvalue weighted by Gasteiger charge is -2.19. The molecule has 0 fully saturated rings. The van der Waals surface area contributed by atoms with Crippen LogP contribution in [0.5, 0.6) is 0 Å². The molecular weight excluding hydrogens is 276 g/mol. The molecule has 0 aliphatic rings. The SMILES string of the molecule is CCCN(C)c1c([N+](=O)[O-])cc([N+](=O)[O-])c2cccnc12. The minimum atomic E-state index is -0.624. The summed E-state index contributed by atoms with van der Waals surface area (Å²) in [5, 5.41) is 22.7. The Labute approximate surface area is 120 Å². The summed E-state index contributed by atoms with van der Waals surface area (Å²) in [7, 11) is 1.71. The zero-order valence-electron chi connectivity index (χ0n) is 11.6. The molecule has 0 aliphatic carbocycles. The van der Waals surface area contributed by atoms with Crippen molar-refractivity contribution in [1.29, 1.82) is 0 Å². The van der Waals surface area contributed by atoms with Crippen molar-refractivity contribution in [3.05, 3.63) is 44.6 Å². The summed E-state index contributed by atoms with van der Waals surface area (Å²) >= 11 is 0. The summed E-state index contributed by atoms with van der Waals surface area (Å²) in [5.41, 5.74) is -0.0281. The van der Waals surface area contributed by atoms with Crippen LogP contribution < -0.4 is 4.90 Å². The van der Waals surface area contributed by atoms with Gasteiger partial charge in [-0.25, -0.2) is 0 Å². The summed E-state index contributed by atoms with van der Waals surface area (Å²) in [5.74, 6) is 0. The number of nitro benzene ring substituents is 2. The Morgan fingerprint density at radius 1 is 1.24 bits per heavy atom. The normalized spacial score (nSPS) is 10.6. The van der Waals surface area contributed by atoms with Crippen LogP contribution in [-0.2, 0) is 0 Å². The Morgan fingerprint density at radius 2 is 1.90 bits per heavy atom. The van der Waals surface area contributed by atoms with E-state index >= 15 is 0 Å². The van der Waals surface area contributed by atoms with Crippen LogP contribution in [0.15, 0.2) is 24.4 Å². The van der Waals surface area contributed by atoms with Crippen molar-refractivity contribution in [2.75, 3.05) is 18.5 Å². The van der Waals surface area contributed by atoms with Crippen LogP contribution in [0.4, 0.5) is 17.1 Å². The minimum Gasteiger partial charge on any atom is -0.367 e. The van der Waals surface area contributed by atoms with Crippen LogP contribution in [0.2, 0.25) is 0 Å². The second-order valence-electron chi connectivity index (χ2n) is 4.60. The molecule has 0 saturated carbocycles. The molecule has 2 rings (SSSR count). The molecule has 0 radical (unpaired) electrons. The number of hydrogen-bond acceptors (Lipinski definition) is 6. The smallest absolute Gasteiger partial charge is 0.301 e. The summed E-state index contributed by atoms with van der Waals surface area (Å²) < 4.78 is 0. The second-order valence-corrected chi connectivity index (χ2v) is 4.60. The third kappa shape index (κ3) is 2.60. The molecule has 8 heteroatoms. The molecule has 21 heavy (non-hydrogen) atoms. The lowest BCUT2D eigenvalue weighted by molar-refractivity contribution is -0.392. The number of anilines is 1. The maximum Gasteiger partial charge on any atom is 0.301 e. The lowest BCUT2D eigenvalue weighted by atomic mass is 10.1. The molecule has 0 N–H and O–H groups in total. The van der Waals surface area contributed by atoms with Gasteiger partial charge in [0, 0.05) is 19.8 Å². The highest BCUT2D eigenvalue weighted by atomic mass is 16.6. The molecular formula is C13H14N4O4. The highest BCUT2D eigenvalue weighted by molar-refractivity contribution is 6.01. The van der Waals surface area contributed by atoms with E-state index in [1.54, 1.807) is 24.1 Å². The fraction of sp³-hybridized carbons (Fsp3) is 0.308. The molecule has 0 spiro atoms. The van der Waals surface area contributed by atoms with Gasteiger partial charge in [0.05, 0.1) is 21.3 Å². The first kappa shape index (κ1) is 14.6. The van der Waals surface area contributed by atoms with Gasteiger partial charge in [-0.3, -0.25) is 25.2 Å². The van der Waals surface area contributed by atoms with Gasteiger partial charge in [0.1, 0.15) is 11.2 Å². The molecule has 1 aromatic heterocycles. The number of non-ortho nitro benzene ring substituents is 1. The number of benzene rings is 1. The number of nitrogens with zero attached hydrogens (tertiary/aromatic N) is 4. The molecule has 2 aromatic rings. The first-order valence-corrected chi connectivity index (χ1v) is 6.39. The fourth-order valence-electron chi connectivity index (χ4n) is 2.31. The summed E-state index contributed by atoms with van der Waals surface area (Å²) in [4.78, 5) is 27.0. The van der Waals surface area contributed by atoms with Gasteiger partial charge in [-0.2, -0.15) is 0 Å². The Hall–Kier alpha value is -2.77. The summed E-state index contributed by atoms with van der Waals surface area (Å²) in [6.45, 7) is 2.54. The second kappa shape index (κ2) is 5.70. The van der Waals surface area contributed by atoms with Gasteiger partial charge in [-0.1, -0.05) is 6.92 Å². The van der Waals surface area contributed by atoms with E-state index in [1.807, 2.05) is 6.92 Å². The maximum absolute atomic E-state index is 11.3. The van der Waals surface area contributed by atoms with Crippen molar-refractivity contribution in [2.24, 2.45) is 0 Å². The molecule has 0 unspecified atom stereocenters. The van der Waals surface area contributed by atoms with Crippen molar-refractivity contribution >= 4 is 28.0 Å². The molecule has 0 saturated heterocycles. The quantitative estimate of drug-likeness (QED) is 0.619. The van der Waals surface area contributed by atoms with Gasteiger partial charge < -0.3 is 4.90 Å². The number of nitro groups is 2. The van der Waals surface area contributed by atoms with E-state index in [-0.39, 0.29) is 16.9 Å². The topological polar surface area (TPSA) is 102 Å². The number of pyridine rings is 1. The van der Waals surface area contributed by atoms with E-state index in [9.17, 15) is 20.2 Å². The number of fused-ring (bicyclic) bond motifs is 1. The van der Waals surface area contributed by atoms with Crippen molar-refractivity contribution in [3.63, 3.8) is 0 Å². The zero-order chi connectivity index (χ0) is 15.6. The van der Waals surface area contributed by atoms with Gasteiger partial charge in [0.15, 0.2) is 0 Å². The van der Waals surface area contributed by atoms with Gasteiger partial charge in [0.2, 0.25) is 0 Å². The number of hydrogen-bond donors (Lipinski definition) is 0. The molecule has 1 heterocycles. The third-order valence-electron chi connectivity index (χ3n) is 3.16. The molecule has 110 valence electrons. The van der Waals surface area contributed by atoms with E-state index in [0.29, 0.717) is 17.6 Å². The first-order chi connectivity index (χ1) is 9.97. The van der Waals surface area contributed by atoms with E-state index in [1.165, 1.54) is 6.20 Å². The number of aromatic nitrogens is 1. The molecule has 0 amide bonds. The van der Waals surface area contributed by atoms with Gasteiger partial charge >= 0.3 is 5.69 Å². The Kier molecular flexibility index (Phi) is 3.97. The average Bonchev–Trinajstić information content (AvgIpc) is 2.45. The standard InChI is InChI=1S/C13H14N4O4/c1-3-7-15(2)13-11(17(20)21)8-10(16(18)19)9-5-4-6-14-12(9)13/h4-6,8H,3,7H2,1-2H3. The predicted molar refractivity (Wildman–Crippen MR) is 78.6 cm³/mol. The van der Waals surface area contributed by atoms with Crippen molar-refractivity contribution < 1.29 is 9.85 Å². The van der Waals surface area contributed by atoms with E-state index in [0.717, 1.165) is 12.5 Å². The van der Waals surface area contributed by atoms with E-state index < -0.39 is 9.85 Å². The Morgan fingerprint density at radius 3 is 2.48 bits per heavy atom. The molecule has 8 nitrogen and oxygen atoms in total. The Balaban J connectivity index is 2.87. The first-order valence-electron chi connectivity index (χ1n) is 6.39. The predicted octanol–water partition coefficient (Wildman–Crippen LogP) is 2.90. The third-order valence-corrected chi connectivity index (χ3v) is 3.16. The monoisotopic (exact) mass is 290 g/mol. The summed E-state index contributed by atoms with van der Waals surface area (Å²) in [6.07, 6.45) is 2.26. The van der Waals surface area contributed by atoms with Gasteiger partial charge in [0.25, 0.3) is 5.69 Å². The lowest BCUT2D eigenvalue weighted by Crippen LogP contribution is -2.20. The molecule has 0 aliphatic heterocycles. The Bertz CT molecular complexity index is 717. The maximum atomic E-state index is 11.3. The van der Waals surface area contributed by atoms with Crippen LogP contribution >= 0.6 is 0 Å². The minimum absolute atomic E-state index is 0.273. The van der Waals surface area contributed by atoms with E-state index in [2.05, 4.69) is 4.98 Å². The highest BCUT2D eigenvalue weighted by Gasteiger charge is 2.28. The van der Waals surface area contributed by atoms with Crippen molar-refractivity contribution in [3.8, 4) is 0 Å². The van der Waals surface area contributed by atoms with Gasteiger partial charge in [-0.05, 0) is 18.6 Å².